The number of rotatable bonds is 9. The first-order valence-corrected chi connectivity index (χ1v) is 11.8. The number of hydrogen-bond donors (Lipinski definition) is 3. The summed E-state index contributed by atoms with van der Waals surface area (Å²) in [5.41, 5.74) is 0.650. The summed E-state index contributed by atoms with van der Waals surface area (Å²) in [5, 5.41) is 9.76. The third-order valence-electron chi connectivity index (χ3n) is 4.93. The van der Waals surface area contributed by atoms with E-state index in [9.17, 15) is 13.4 Å². The summed E-state index contributed by atoms with van der Waals surface area (Å²) in [6.45, 7) is 5.59. The Morgan fingerprint density at radius 2 is 2.10 bits per heavy atom. The van der Waals surface area contributed by atoms with Crippen LogP contribution in [0.15, 0.2) is 29.3 Å². The van der Waals surface area contributed by atoms with Gasteiger partial charge in [0.05, 0.1) is 13.0 Å². The first-order valence-electron chi connectivity index (χ1n) is 10.4. The van der Waals surface area contributed by atoms with E-state index in [1.807, 2.05) is 13.8 Å². The van der Waals surface area contributed by atoms with Crippen molar-refractivity contribution < 1.29 is 13.4 Å². The second-order valence-electron chi connectivity index (χ2n) is 7.22. The van der Waals surface area contributed by atoms with Gasteiger partial charge in [-0.2, -0.15) is 0 Å². The smallest absolute Gasteiger partial charge is 0.224 e. The molecular formula is C21H33FN4O2S. The van der Waals surface area contributed by atoms with Gasteiger partial charge in [0.25, 0.3) is 0 Å². The highest BCUT2D eigenvalue weighted by atomic mass is 32.2. The lowest BCUT2D eigenvalue weighted by Crippen LogP contribution is -2.47. The minimum atomic E-state index is -0.755. The molecule has 0 radical (unpaired) electrons. The molecule has 1 amide bonds. The Kier molecular flexibility index (Phi) is 10.1. The number of halogens is 1. The van der Waals surface area contributed by atoms with E-state index in [0.717, 1.165) is 38.2 Å². The van der Waals surface area contributed by atoms with Gasteiger partial charge < -0.3 is 16.0 Å². The molecule has 3 N–H and O–H groups in total. The van der Waals surface area contributed by atoms with Crippen molar-refractivity contribution >= 4 is 22.7 Å². The van der Waals surface area contributed by atoms with E-state index in [0.29, 0.717) is 24.4 Å². The molecule has 3 unspecified atom stereocenters. The van der Waals surface area contributed by atoms with Crippen LogP contribution in [0.5, 0.6) is 0 Å². The highest BCUT2D eigenvalue weighted by molar-refractivity contribution is 7.85. The van der Waals surface area contributed by atoms with Crippen molar-refractivity contribution in [2.45, 2.75) is 57.2 Å². The fourth-order valence-corrected chi connectivity index (χ4v) is 4.87. The van der Waals surface area contributed by atoms with Gasteiger partial charge in [-0.15, -0.1) is 0 Å². The number of benzene rings is 1. The maximum Gasteiger partial charge on any atom is 0.224 e. The third kappa shape index (κ3) is 8.51. The van der Waals surface area contributed by atoms with Gasteiger partial charge in [-0.05, 0) is 43.9 Å². The highest BCUT2D eigenvalue weighted by Gasteiger charge is 2.26. The fraction of sp³-hybridized carbons (Fsp3) is 0.619. The summed E-state index contributed by atoms with van der Waals surface area (Å²) in [6, 6.07) is 6.33. The summed E-state index contributed by atoms with van der Waals surface area (Å²) in [5.74, 6) is 0.940. The van der Waals surface area contributed by atoms with E-state index >= 15 is 0 Å². The van der Waals surface area contributed by atoms with Gasteiger partial charge in [0, 0.05) is 40.9 Å². The Balaban J connectivity index is 1.78. The number of carbonyl (C=O) groups is 1. The lowest BCUT2D eigenvalue weighted by Gasteiger charge is -2.30. The molecule has 1 saturated carbocycles. The minimum absolute atomic E-state index is 0.151. The van der Waals surface area contributed by atoms with Crippen molar-refractivity contribution in [3.8, 4) is 0 Å². The number of guanidine groups is 1. The predicted octanol–water partition coefficient (Wildman–Crippen LogP) is 2.12. The first kappa shape index (κ1) is 23.3. The summed E-state index contributed by atoms with van der Waals surface area (Å²) < 4.78 is 25.3. The van der Waals surface area contributed by atoms with Gasteiger partial charge >= 0.3 is 0 Å². The highest BCUT2D eigenvalue weighted by Crippen LogP contribution is 2.22. The Morgan fingerprint density at radius 1 is 1.28 bits per heavy atom. The van der Waals surface area contributed by atoms with E-state index in [1.165, 1.54) is 12.1 Å². The number of carbonyl (C=O) groups excluding carboxylic acids is 1. The van der Waals surface area contributed by atoms with Crippen molar-refractivity contribution in [2.75, 3.05) is 25.4 Å². The first-order chi connectivity index (χ1) is 14.0. The zero-order valence-electron chi connectivity index (χ0n) is 17.4. The number of aliphatic imine (C=N–C) groups is 1. The van der Waals surface area contributed by atoms with Crippen LogP contribution in [0.25, 0.3) is 0 Å². The van der Waals surface area contributed by atoms with Gasteiger partial charge in [0.1, 0.15) is 5.82 Å². The molecule has 0 heterocycles. The summed E-state index contributed by atoms with van der Waals surface area (Å²) in [6.07, 6.45) is 4.20. The molecule has 6 nitrogen and oxygen atoms in total. The molecule has 8 heteroatoms. The van der Waals surface area contributed by atoms with Gasteiger partial charge in [0.2, 0.25) is 5.91 Å². The van der Waals surface area contributed by atoms with Crippen LogP contribution in [-0.4, -0.2) is 52.8 Å². The topological polar surface area (TPSA) is 82.6 Å². The molecule has 2 rings (SSSR count). The molecule has 0 aromatic heterocycles. The minimum Gasteiger partial charge on any atom is -0.357 e. The van der Waals surface area contributed by atoms with Crippen LogP contribution in [0, 0.1) is 5.82 Å². The number of nitrogens with one attached hydrogen (secondary N) is 3. The van der Waals surface area contributed by atoms with Crippen LogP contribution in [0.1, 0.15) is 45.1 Å². The number of nitrogens with zero attached hydrogens (tertiary/aromatic N) is 1. The zero-order chi connectivity index (χ0) is 21.1. The van der Waals surface area contributed by atoms with E-state index in [-0.39, 0.29) is 29.4 Å². The molecular weight excluding hydrogens is 391 g/mol. The maximum atomic E-state index is 13.2. The van der Waals surface area contributed by atoms with Gasteiger partial charge in [0.15, 0.2) is 5.96 Å². The lowest BCUT2D eigenvalue weighted by molar-refractivity contribution is -0.120. The van der Waals surface area contributed by atoms with Crippen LogP contribution < -0.4 is 16.0 Å². The average molecular weight is 425 g/mol. The van der Waals surface area contributed by atoms with Gasteiger partial charge in [-0.25, -0.2) is 4.39 Å². The van der Waals surface area contributed by atoms with Crippen LogP contribution in [0.4, 0.5) is 4.39 Å². The molecule has 162 valence electrons. The average Bonchev–Trinajstić information content (AvgIpc) is 2.71. The molecule has 1 aromatic carbocycles. The van der Waals surface area contributed by atoms with Crippen LogP contribution in [-0.2, 0) is 22.0 Å². The molecule has 0 aliphatic heterocycles. The molecule has 1 aliphatic carbocycles. The van der Waals surface area contributed by atoms with Crippen molar-refractivity contribution in [1.82, 2.24) is 16.0 Å². The lowest BCUT2D eigenvalue weighted by atomic mass is 9.95. The van der Waals surface area contributed by atoms with E-state index in [1.54, 1.807) is 12.1 Å². The summed E-state index contributed by atoms with van der Waals surface area (Å²) >= 11 is 0. The van der Waals surface area contributed by atoms with Crippen molar-refractivity contribution in [3.05, 3.63) is 35.6 Å². The molecule has 1 aromatic rings. The largest absolute Gasteiger partial charge is 0.357 e. The monoisotopic (exact) mass is 424 g/mol. The Labute approximate surface area is 175 Å². The molecule has 0 saturated heterocycles. The second-order valence-corrected chi connectivity index (χ2v) is 9.22. The molecule has 29 heavy (non-hydrogen) atoms. The standard InChI is InChI=1S/C21H33FN4O2S/c1-3-23-21(26-18-9-6-10-19(15-18)29(28)4-2)25-12-11-24-20(27)14-16-7-5-8-17(22)13-16/h5,7-8,13,18-19H,3-4,6,9-12,14-15H2,1-2H3,(H,24,27)(H2,23,25,26). The molecule has 1 aliphatic rings. The van der Waals surface area contributed by atoms with Crippen molar-refractivity contribution in [2.24, 2.45) is 4.99 Å². The molecule has 3 atom stereocenters. The predicted molar refractivity (Wildman–Crippen MR) is 117 cm³/mol. The molecule has 0 spiro atoms. The quantitative estimate of drug-likeness (QED) is 0.322. The number of hydrogen-bond acceptors (Lipinski definition) is 3. The van der Waals surface area contributed by atoms with Crippen LogP contribution in [0.3, 0.4) is 0 Å². The third-order valence-corrected chi connectivity index (χ3v) is 6.67. The number of amides is 1. The van der Waals surface area contributed by atoms with E-state index in [4.69, 9.17) is 0 Å². The Bertz CT molecular complexity index is 714. The van der Waals surface area contributed by atoms with Crippen molar-refractivity contribution in [1.29, 1.82) is 0 Å². The van der Waals surface area contributed by atoms with Gasteiger partial charge in [-0.3, -0.25) is 14.0 Å². The van der Waals surface area contributed by atoms with Crippen LogP contribution in [0.2, 0.25) is 0 Å². The van der Waals surface area contributed by atoms with Crippen LogP contribution >= 0.6 is 0 Å². The van der Waals surface area contributed by atoms with E-state index < -0.39 is 10.8 Å². The Morgan fingerprint density at radius 3 is 2.83 bits per heavy atom. The second kappa shape index (κ2) is 12.6. The summed E-state index contributed by atoms with van der Waals surface area (Å²) in [4.78, 5) is 16.5. The normalized spacial score (nSPS) is 20.7. The Hall–Kier alpha value is -1.96. The summed E-state index contributed by atoms with van der Waals surface area (Å²) in [7, 11) is -0.755. The fourth-order valence-electron chi connectivity index (χ4n) is 3.52. The van der Waals surface area contributed by atoms with Gasteiger partial charge in [-0.1, -0.05) is 25.5 Å². The molecule has 0 bridgehead atoms. The maximum absolute atomic E-state index is 13.2. The van der Waals surface area contributed by atoms with Crippen molar-refractivity contribution in [3.63, 3.8) is 0 Å². The van der Waals surface area contributed by atoms with E-state index in [2.05, 4.69) is 20.9 Å². The zero-order valence-corrected chi connectivity index (χ0v) is 18.2. The SMILES string of the molecule is CCNC(=NCCNC(=O)Cc1cccc(F)c1)NC1CCCC(S(=O)CC)C1. The molecule has 1 fully saturated rings.